The molecule has 0 saturated heterocycles. The van der Waals surface area contributed by atoms with Crippen molar-refractivity contribution >= 4 is 21.8 Å². The van der Waals surface area contributed by atoms with Gasteiger partial charge in [0.25, 0.3) is 0 Å². The number of aromatic nitrogens is 1. The Morgan fingerprint density at radius 3 is 2.02 bits per heavy atom. The largest absolute Gasteiger partial charge is 0.457 e. The van der Waals surface area contributed by atoms with Crippen LogP contribution in [0.25, 0.3) is 38.6 Å². The van der Waals surface area contributed by atoms with Crippen molar-refractivity contribution in [2.45, 2.75) is 37.5 Å². The number of benzene rings is 6. The smallest absolute Gasteiger partial charge is 0.134 e. The van der Waals surface area contributed by atoms with Crippen molar-refractivity contribution in [2.24, 2.45) is 0 Å². The van der Waals surface area contributed by atoms with Crippen molar-refractivity contribution in [3.8, 4) is 34.1 Å². The second-order valence-corrected chi connectivity index (χ2v) is 14.3. The molecule has 4 aliphatic rings. The van der Waals surface area contributed by atoms with Crippen LogP contribution in [0.3, 0.4) is 0 Å². The minimum Gasteiger partial charge on any atom is -0.457 e. The van der Waals surface area contributed by atoms with Crippen LogP contribution in [0.2, 0.25) is 0 Å². The summed E-state index contributed by atoms with van der Waals surface area (Å²) in [4.78, 5) is 0. The SMILES string of the molecule is CC1(C)c2ccccc2-c2cc3c4ccccc4n(-c4ccc5c(c4)Oc4ccccc4C54C5=CCCC=C5Oc5ccccc54)c3cc21. The van der Waals surface area contributed by atoms with Crippen LogP contribution in [0.5, 0.6) is 17.2 Å². The van der Waals surface area contributed by atoms with Crippen molar-refractivity contribution in [3.63, 3.8) is 0 Å². The Morgan fingerprint density at radius 1 is 0.510 bits per heavy atom. The van der Waals surface area contributed by atoms with Crippen molar-refractivity contribution in [2.75, 3.05) is 0 Å². The molecule has 3 nitrogen and oxygen atoms in total. The molecule has 2 aliphatic carbocycles. The van der Waals surface area contributed by atoms with Gasteiger partial charge in [-0.3, -0.25) is 0 Å². The molecule has 3 heterocycles. The second kappa shape index (κ2) is 9.42. The molecule has 234 valence electrons. The standard InChI is InChI=1S/C46H33NO2/c1-45(2)33-15-5-3-13-29(33)31-26-32-30-14-4-9-19-39(30)47(40(32)27-38(31)45)28-23-24-37-44(25-28)49-43-22-12-8-18-36(43)46(37)34-16-6-10-20-41(34)48-42-21-11-7-17-35(42)46/h3-6,8-10,12-27H,7,11H2,1-2H3. The molecule has 11 rings (SSSR count). The van der Waals surface area contributed by atoms with Gasteiger partial charge in [0, 0.05) is 50.2 Å². The number of nitrogens with zero attached hydrogens (tertiary/aromatic N) is 1. The van der Waals surface area contributed by atoms with E-state index in [1.54, 1.807) is 0 Å². The molecule has 2 aliphatic heterocycles. The zero-order valence-electron chi connectivity index (χ0n) is 27.5. The van der Waals surface area contributed by atoms with Gasteiger partial charge in [0.15, 0.2) is 0 Å². The minimum atomic E-state index is -0.554. The first-order valence-corrected chi connectivity index (χ1v) is 17.3. The number of fused-ring (bicyclic) bond motifs is 14. The quantitative estimate of drug-likeness (QED) is 0.180. The zero-order valence-corrected chi connectivity index (χ0v) is 27.5. The highest BCUT2D eigenvalue weighted by atomic mass is 16.5. The van der Waals surface area contributed by atoms with Gasteiger partial charge in [-0.1, -0.05) is 105 Å². The van der Waals surface area contributed by atoms with Crippen molar-refractivity contribution in [3.05, 3.63) is 179 Å². The normalized spacial score (nSPS) is 19.1. The highest BCUT2D eigenvalue weighted by Gasteiger charge is 2.52. The van der Waals surface area contributed by atoms with Crippen LogP contribution in [-0.4, -0.2) is 4.57 Å². The van der Waals surface area contributed by atoms with E-state index in [1.807, 2.05) is 0 Å². The molecule has 49 heavy (non-hydrogen) atoms. The lowest BCUT2D eigenvalue weighted by Crippen LogP contribution is -2.40. The Balaban J connectivity index is 1.20. The van der Waals surface area contributed by atoms with Crippen LogP contribution in [-0.2, 0) is 10.8 Å². The van der Waals surface area contributed by atoms with Crippen LogP contribution < -0.4 is 9.47 Å². The van der Waals surface area contributed by atoms with Gasteiger partial charge in [0.05, 0.1) is 16.4 Å². The van der Waals surface area contributed by atoms with E-state index >= 15 is 0 Å². The Morgan fingerprint density at radius 2 is 1.18 bits per heavy atom. The molecule has 3 heteroatoms. The predicted molar refractivity (Wildman–Crippen MR) is 197 cm³/mol. The van der Waals surface area contributed by atoms with Crippen LogP contribution in [0.15, 0.2) is 151 Å². The lowest BCUT2D eigenvalue weighted by molar-refractivity contribution is 0.363. The maximum Gasteiger partial charge on any atom is 0.134 e. The number of allylic oxidation sites excluding steroid dienone is 3. The molecule has 0 amide bonds. The molecule has 1 aromatic heterocycles. The average molecular weight is 632 g/mol. The molecule has 6 aromatic carbocycles. The first-order chi connectivity index (χ1) is 24.0. The zero-order chi connectivity index (χ0) is 32.5. The lowest BCUT2D eigenvalue weighted by atomic mass is 9.61. The summed E-state index contributed by atoms with van der Waals surface area (Å²) >= 11 is 0. The summed E-state index contributed by atoms with van der Waals surface area (Å²) in [7, 11) is 0. The molecule has 1 spiro atoms. The van der Waals surface area contributed by atoms with Gasteiger partial charge in [0.2, 0.25) is 0 Å². The summed E-state index contributed by atoms with van der Waals surface area (Å²) in [5.41, 5.74) is 12.9. The molecule has 0 saturated carbocycles. The molecule has 1 unspecified atom stereocenters. The van der Waals surface area contributed by atoms with Gasteiger partial charge in [0.1, 0.15) is 23.0 Å². The first kappa shape index (κ1) is 27.2. The van der Waals surface area contributed by atoms with Crippen molar-refractivity contribution in [1.82, 2.24) is 4.57 Å². The number of hydrogen-bond donors (Lipinski definition) is 0. The fourth-order valence-electron chi connectivity index (χ4n) is 9.41. The first-order valence-electron chi connectivity index (χ1n) is 17.3. The molecule has 0 bridgehead atoms. The summed E-state index contributed by atoms with van der Waals surface area (Å²) in [6, 6.07) is 46.5. The highest BCUT2D eigenvalue weighted by molar-refractivity contribution is 6.11. The molecule has 0 fully saturated rings. The maximum absolute atomic E-state index is 6.91. The Labute approximate surface area is 285 Å². The van der Waals surface area contributed by atoms with Gasteiger partial charge in [-0.2, -0.15) is 0 Å². The lowest BCUT2D eigenvalue weighted by Gasteiger charge is -2.46. The van der Waals surface area contributed by atoms with E-state index in [9.17, 15) is 0 Å². The molecule has 0 radical (unpaired) electrons. The van der Waals surface area contributed by atoms with E-state index in [-0.39, 0.29) is 5.41 Å². The Bertz CT molecular complexity index is 2650. The van der Waals surface area contributed by atoms with Crippen LogP contribution in [0.4, 0.5) is 0 Å². The van der Waals surface area contributed by atoms with E-state index in [0.29, 0.717) is 0 Å². The van der Waals surface area contributed by atoms with Gasteiger partial charge < -0.3 is 14.0 Å². The van der Waals surface area contributed by atoms with Crippen LogP contribution >= 0.6 is 0 Å². The van der Waals surface area contributed by atoms with E-state index < -0.39 is 5.41 Å². The number of ether oxygens (including phenoxy) is 2. The minimum absolute atomic E-state index is 0.0914. The van der Waals surface area contributed by atoms with Crippen molar-refractivity contribution < 1.29 is 9.47 Å². The maximum atomic E-state index is 6.91. The number of para-hydroxylation sites is 3. The van der Waals surface area contributed by atoms with E-state index in [4.69, 9.17) is 9.47 Å². The Hall–Kier alpha value is -5.80. The van der Waals surface area contributed by atoms with E-state index in [0.717, 1.165) is 58.2 Å². The highest BCUT2D eigenvalue weighted by Crippen LogP contribution is 2.61. The number of rotatable bonds is 1. The summed E-state index contributed by atoms with van der Waals surface area (Å²) in [6.07, 6.45) is 6.60. The topological polar surface area (TPSA) is 23.4 Å². The van der Waals surface area contributed by atoms with E-state index in [1.165, 1.54) is 49.6 Å². The van der Waals surface area contributed by atoms with Gasteiger partial charge in [-0.25, -0.2) is 0 Å². The average Bonchev–Trinajstić information content (AvgIpc) is 3.58. The Kier molecular flexibility index (Phi) is 5.23. The van der Waals surface area contributed by atoms with Crippen molar-refractivity contribution in [1.29, 1.82) is 0 Å². The summed E-state index contributed by atoms with van der Waals surface area (Å²) in [6.45, 7) is 4.71. The third kappa shape index (κ3) is 3.37. The van der Waals surface area contributed by atoms with Crippen LogP contribution in [0.1, 0.15) is 54.5 Å². The molecule has 0 N–H and O–H groups in total. The number of hydrogen-bond acceptors (Lipinski definition) is 2. The third-order valence-electron chi connectivity index (χ3n) is 11.5. The summed E-state index contributed by atoms with van der Waals surface area (Å²) < 4.78 is 15.9. The molecular formula is C46H33NO2. The summed E-state index contributed by atoms with van der Waals surface area (Å²) in [5.74, 6) is 3.61. The fraction of sp³-hybridized carbons (Fsp3) is 0.130. The van der Waals surface area contributed by atoms with Gasteiger partial charge in [-0.15, -0.1) is 0 Å². The predicted octanol–water partition coefficient (Wildman–Crippen LogP) is 11.5. The monoisotopic (exact) mass is 631 g/mol. The van der Waals surface area contributed by atoms with Gasteiger partial charge >= 0.3 is 0 Å². The molecule has 7 aromatic rings. The second-order valence-electron chi connectivity index (χ2n) is 14.3. The molecular weight excluding hydrogens is 599 g/mol. The molecule has 1 atom stereocenters. The fourth-order valence-corrected chi connectivity index (χ4v) is 9.41. The summed E-state index contributed by atoms with van der Waals surface area (Å²) in [5, 5.41) is 2.52. The van der Waals surface area contributed by atoms with Gasteiger partial charge in [-0.05, 0) is 77.6 Å². The van der Waals surface area contributed by atoms with E-state index in [2.05, 4.69) is 158 Å². The van der Waals surface area contributed by atoms with Crippen LogP contribution in [0, 0.1) is 0 Å². The third-order valence-corrected chi connectivity index (χ3v) is 11.5.